The van der Waals surface area contributed by atoms with E-state index in [9.17, 15) is 0 Å². The topological polar surface area (TPSA) is 47.7 Å². The average molecular weight is 376 g/mol. The summed E-state index contributed by atoms with van der Waals surface area (Å²) in [5, 5.41) is 0. The smallest absolute Gasteiger partial charge is 0.407 e. The molecule has 3 rings (SSSR count). The van der Waals surface area contributed by atoms with Gasteiger partial charge in [-0.1, -0.05) is 47.0 Å². The molecule has 4 nitrogen and oxygen atoms in total. The van der Waals surface area contributed by atoms with E-state index < -0.39 is 7.12 Å². The second-order valence-electron chi connectivity index (χ2n) is 9.39. The van der Waals surface area contributed by atoms with E-state index in [2.05, 4.69) is 32.6 Å². The van der Waals surface area contributed by atoms with E-state index in [1.807, 2.05) is 0 Å². The third-order valence-corrected chi connectivity index (χ3v) is 5.54. The van der Waals surface area contributed by atoms with Crippen molar-refractivity contribution in [3.63, 3.8) is 0 Å². The number of halogens is 1. The normalized spacial score (nSPS) is 20.9. The molecule has 1 saturated carbocycles. The van der Waals surface area contributed by atoms with Crippen LogP contribution in [-0.4, -0.2) is 32.9 Å². The monoisotopic (exact) mass is 376 g/mol. The summed E-state index contributed by atoms with van der Waals surface area (Å²) >= 11 is 0. The number of nitrogens with zero attached hydrogens (tertiary/aromatic N) is 1. The molecule has 27 heavy (non-hydrogen) atoms. The molecule has 1 aliphatic heterocycles. The molecule has 1 saturated heterocycles. The highest BCUT2D eigenvalue weighted by molar-refractivity contribution is 6.61. The van der Waals surface area contributed by atoms with Gasteiger partial charge in [-0.15, -0.1) is 0 Å². The predicted molar refractivity (Wildman–Crippen MR) is 111 cm³/mol. The van der Waals surface area contributed by atoms with Gasteiger partial charge in [-0.05, 0) is 30.9 Å². The van der Waals surface area contributed by atoms with Crippen molar-refractivity contribution in [2.75, 3.05) is 30.4 Å². The van der Waals surface area contributed by atoms with E-state index in [0.717, 1.165) is 25.1 Å². The van der Waals surface area contributed by atoms with Crippen LogP contribution >= 0.6 is 0 Å². The zero-order valence-corrected chi connectivity index (χ0v) is 17.3. The first-order chi connectivity index (χ1) is 12.8. The molecule has 0 atom stereocenters. The minimum Gasteiger partial charge on any atom is -0.407 e. The lowest BCUT2D eigenvalue weighted by Crippen LogP contribution is -2.48. The van der Waals surface area contributed by atoms with Gasteiger partial charge >= 0.3 is 7.12 Å². The molecule has 1 aromatic rings. The minimum atomic E-state index is -0.678. The molecule has 1 aliphatic carbocycles. The summed E-state index contributed by atoms with van der Waals surface area (Å²) in [7, 11) is -0.678. The molecular weight excluding hydrogens is 342 g/mol. The van der Waals surface area contributed by atoms with Gasteiger partial charge in [0.2, 0.25) is 0 Å². The first-order valence-electron chi connectivity index (χ1n) is 10.4. The molecule has 0 spiro atoms. The molecule has 6 heteroatoms. The van der Waals surface area contributed by atoms with Gasteiger partial charge in [0.15, 0.2) is 0 Å². The SMILES string of the molecule is CC(C)CN(c1cc(F)c(B2OCC(C)(C)CO2)cc1N)C1CCCCC1. The number of nitrogens with two attached hydrogens (primary N) is 1. The molecule has 0 radical (unpaired) electrons. The number of hydrogen-bond acceptors (Lipinski definition) is 4. The van der Waals surface area contributed by atoms with Crippen molar-refractivity contribution < 1.29 is 13.7 Å². The highest BCUT2D eigenvalue weighted by Gasteiger charge is 2.36. The Kier molecular flexibility index (Phi) is 6.37. The fraction of sp³-hybridized carbons (Fsp3) is 0.714. The van der Waals surface area contributed by atoms with Gasteiger partial charge < -0.3 is 19.9 Å². The molecule has 1 aromatic carbocycles. The summed E-state index contributed by atoms with van der Waals surface area (Å²) < 4.78 is 26.6. The maximum absolute atomic E-state index is 15.0. The Hall–Kier alpha value is -1.27. The van der Waals surface area contributed by atoms with E-state index in [1.165, 1.54) is 19.3 Å². The van der Waals surface area contributed by atoms with E-state index >= 15 is 4.39 Å². The molecule has 0 bridgehead atoms. The highest BCUT2D eigenvalue weighted by Crippen LogP contribution is 2.32. The summed E-state index contributed by atoms with van der Waals surface area (Å²) in [4.78, 5) is 2.33. The number of benzene rings is 1. The van der Waals surface area contributed by atoms with Crippen molar-refractivity contribution in [3.8, 4) is 0 Å². The lowest BCUT2D eigenvalue weighted by Gasteiger charge is -2.38. The van der Waals surface area contributed by atoms with E-state index in [1.54, 1.807) is 12.1 Å². The standard InChI is InChI=1S/C21H34BFN2O2/c1-15(2)12-25(16-8-6-5-7-9-16)20-11-18(23)17(10-19(20)24)22-26-13-21(3,4)14-27-22/h10-11,15-16H,5-9,12-14,24H2,1-4H3. The Morgan fingerprint density at radius 1 is 1.19 bits per heavy atom. The lowest BCUT2D eigenvalue weighted by atomic mass is 9.75. The third kappa shape index (κ3) is 4.97. The van der Waals surface area contributed by atoms with Gasteiger partial charge in [0.1, 0.15) is 5.82 Å². The van der Waals surface area contributed by atoms with Gasteiger partial charge in [-0.25, -0.2) is 4.39 Å². The Balaban J connectivity index is 1.85. The van der Waals surface area contributed by atoms with Crippen LogP contribution in [0.4, 0.5) is 15.8 Å². The quantitative estimate of drug-likeness (QED) is 0.624. The number of hydrogen-bond donors (Lipinski definition) is 1. The van der Waals surface area contributed by atoms with Crippen molar-refractivity contribution in [2.24, 2.45) is 11.3 Å². The van der Waals surface area contributed by atoms with Crippen molar-refractivity contribution in [1.82, 2.24) is 0 Å². The maximum atomic E-state index is 15.0. The van der Waals surface area contributed by atoms with Crippen molar-refractivity contribution in [3.05, 3.63) is 17.9 Å². The van der Waals surface area contributed by atoms with Gasteiger partial charge in [-0.3, -0.25) is 0 Å². The Morgan fingerprint density at radius 2 is 1.81 bits per heavy atom. The van der Waals surface area contributed by atoms with E-state index in [4.69, 9.17) is 15.0 Å². The lowest BCUT2D eigenvalue weighted by molar-refractivity contribution is 0.0340. The molecule has 2 fully saturated rings. The van der Waals surface area contributed by atoms with Gasteiger partial charge in [0.25, 0.3) is 0 Å². The molecular formula is C21H34BFN2O2. The van der Waals surface area contributed by atoms with Crippen molar-refractivity contribution in [1.29, 1.82) is 0 Å². The second-order valence-corrected chi connectivity index (χ2v) is 9.39. The molecule has 150 valence electrons. The van der Waals surface area contributed by atoms with E-state index in [0.29, 0.717) is 36.3 Å². The average Bonchev–Trinajstić information content (AvgIpc) is 2.62. The number of anilines is 2. The van der Waals surface area contributed by atoms with Crippen LogP contribution in [0, 0.1) is 17.2 Å². The molecule has 0 aromatic heterocycles. The zero-order valence-electron chi connectivity index (χ0n) is 17.3. The van der Waals surface area contributed by atoms with Crippen LogP contribution in [0.15, 0.2) is 12.1 Å². The molecule has 2 N–H and O–H groups in total. The van der Waals surface area contributed by atoms with Crippen LogP contribution in [0.25, 0.3) is 0 Å². The zero-order chi connectivity index (χ0) is 19.6. The first-order valence-corrected chi connectivity index (χ1v) is 10.4. The molecule has 1 heterocycles. The highest BCUT2D eigenvalue weighted by atomic mass is 19.1. The second kappa shape index (κ2) is 8.40. The van der Waals surface area contributed by atoms with E-state index in [-0.39, 0.29) is 11.2 Å². The van der Waals surface area contributed by atoms with Crippen LogP contribution in [0.2, 0.25) is 0 Å². The summed E-state index contributed by atoms with van der Waals surface area (Å²) in [5.41, 5.74) is 8.19. The van der Waals surface area contributed by atoms with Crippen LogP contribution < -0.4 is 16.1 Å². The minimum absolute atomic E-state index is 0.0481. The van der Waals surface area contributed by atoms with Crippen LogP contribution in [0.5, 0.6) is 0 Å². The van der Waals surface area contributed by atoms with Crippen LogP contribution in [0.3, 0.4) is 0 Å². The largest absolute Gasteiger partial charge is 0.496 e. The Morgan fingerprint density at radius 3 is 2.41 bits per heavy atom. The van der Waals surface area contributed by atoms with Gasteiger partial charge in [0, 0.05) is 36.7 Å². The fourth-order valence-electron chi connectivity index (χ4n) is 4.13. The van der Waals surface area contributed by atoms with Crippen molar-refractivity contribution >= 4 is 24.0 Å². The first kappa shape index (κ1) is 20.5. The summed E-state index contributed by atoms with van der Waals surface area (Å²) in [6.45, 7) is 10.5. The summed E-state index contributed by atoms with van der Waals surface area (Å²) in [6, 6.07) is 3.74. The Bertz CT molecular complexity index is 637. The summed E-state index contributed by atoms with van der Waals surface area (Å²) in [5.74, 6) is 0.190. The maximum Gasteiger partial charge on any atom is 0.496 e. The Labute approximate surface area is 163 Å². The van der Waals surface area contributed by atoms with Crippen LogP contribution in [0.1, 0.15) is 59.8 Å². The molecule has 2 aliphatic rings. The van der Waals surface area contributed by atoms with Gasteiger partial charge in [-0.2, -0.15) is 0 Å². The third-order valence-electron chi connectivity index (χ3n) is 5.54. The van der Waals surface area contributed by atoms with Crippen molar-refractivity contribution in [2.45, 2.75) is 65.8 Å². The molecule has 0 amide bonds. The molecule has 0 unspecified atom stereocenters. The van der Waals surface area contributed by atoms with Crippen LogP contribution in [-0.2, 0) is 9.31 Å². The number of nitrogen functional groups attached to an aromatic ring is 1. The fourth-order valence-corrected chi connectivity index (χ4v) is 4.13. The van der Waals surface area contributed by atoms with Gasteiger partial charge in [0.05, 0.1) is 11.4 Å². The predicted octanol–water partition coefficient (Wildman–Crippen LogP) is 3.97. The summed E-state index contributed by atoms with van der Waals surface area (Å²) in [6.07, 6.45) is 6.07. The number of rotatable bonds is 5.